The van der Waals surface area contributed by atoms with E-state index in [1.807, 2.05) is 53.4 Å². The topological polar surface area (TPSA) is 40.5 Å². The SMILES string of the molecule is O=C1c2ccccc2C2SCC(O)c3ccccc3CN12. The summed E-state index contributed by atoms with van der Waals surface area (Å²) in [6, 6.07) is 15.6. The quantitative estimate of drug-likeness (QED) is 0.812. The maximum absolute atomic E-state index is 12.6. The molecule has 2 aliphatic rings. The summed E-state index contributed by atoms with van der Waals surface area (Å²) >= 11 is 1.64. The molecule has 0 saturated heterocycles. The number of hydrogen-bond acceptors (Lipinski definition) is 3. The number of aliphatic hydroxyl groups excluding tert-OH is 1. The van der Waals surface area contributed by atoms with Gasteiger partial charge in [-0.2, -0.15) is 0 Å². The number of thioether (sulfide) groups is 1. The fourth-order valence-corrected chi connectivity index (χ4v) is 4.41. The second kappa shape index (κ2) is 4.90. The highest BCUT2D eigenvalue weighted by Crippen LogP contribution is 2.45. The van der Waals surface area contributed by atoms with Crippen molar-refractivity contribution in [2.24, 2.45) is 0 Å². The Balaban J connectivity index is 1.80. The highest BCUT2D eigenvalue weighted by Gasteiger charge is 2.38. The van der Waals surface area contributed by atoms with Crippen molar-refractivity contribution in [3.63, 3.8) is 0 Å². The fourth-order valence-electron chi connectivity index (χ4n) is 3.13. The Morgan fingerprint density at radius 1 is 1.05 bits per heavy atom. The lowest BCUT2D eigenvalue weighted by molar-refractivity contribution is 0.0756. The van der Waals surface area contributed by atoms with Crippen molar-refractivity contribution in [3.05, 3.63) is 70.8 Å². The minimum absolute atomic E-state index is 0.0108. The first-order chi connectivity index (χ1) is 10.3. The van der Waals surface area contributed by atoms with E-state index in [1.54, 1.807) is 11.8 Å². The van der Waals surface area contributed by atoms with Crippen LogP contribution in [0.25, 0.3) is 0 Å². The third kappa shape index (κ3) is 1.98. The van der Waals surface area contributed by atoms with Gasteiger partial charge in [-0.05, 0) is 22.8 Å². The number of amides is 1. The van der Waals surface area contributed by atoms with Crippen LogP contribution in [0.5, 0.6) is 0 Å². The Kier molecular flexibility index (Phi) is 3.01. The van der Waals surface area contributed by atoms with Gasteiger partial charge in [0.1, 0.15) is 5.37 Å². The smallest absolute Gasteiger partial charge is 0.255 e. The first-order valence-electron chi connectivity index (χ1n) is 7.03. The predicted molar refractivity (Wildman–Crippen MR) is 82.9 cm³/mol. The number of hydrogen-bond donors (Lipinski definition) is 1. The molecule has 0 aliphatic carbocycles. The van der Waals surface area contributed by atoms with Gasteiger partial charge in [0, 0.05) is 17.9 Å². The molecule has 0 fully saturated rings. The average molecular weight is 297 g/mol. The molecule has 3 nitrogen and oxygen atoms in total. The highest BCUT2D eigenvalue weighted by atomic mass is 32.2. The zero-order valence-corrected chi connectivity index (χ0v) is 12.2. The summed E-state index contributed by atoms with van der Waals surface area (Å²) in [5.41, 5.74) is 3.84. The van der Waals surface area contributed by atoms with Crippen molar-refractivity contribution in [1.82, 2.24) is 4.90 Å². The zero-order chi connectivity index (χ0) is 14.4. The summed E-state index contributed by atoms with van der Waals surface area (Å²) in [5.74, 6) is 0.689. The normalized spacial score (nSPS) is 23.9. The molecule has 2 aromatic rings. The first kappa shape index (κ1) is 12.9. The van der Waals surface area contributed by atoms with Gasteiger partial charge in [-0.3, -0.25) is 4.79 Å². The zero-order valence-electron chi connectivity index (χ0n) is 11.4. The Labute approximate surface area is 127 Å². The molecular formula is C17H15NO2S. The molecule has 1 amide bonds. The Hall–Kier alpha value is -1.78. The fraction of sp³-hybridized carbons (Fsp3) is 0.235. The van der Waals surface area contributed by atoms with E-state index in [9.17, 15) is 9.90 Å². The minimum Gasteiger partial charge on any atom is -0.388 e. The standard InChI is InChI=1S/C17H15NO2S/c19-15-10-21-17-14-8-4-3-7-13(14)16(20)18(17)9-11-5-1-2-6-12(11)15/h1-8,15,17,19H,9-10H2. The van der Waals surface area contributed by atoms with E-state index in [2.05, 4.69) is 0 Å². The van der Waals surface area contributed by atoms with Gasteiger partial charge in [0.2, 0.25) is 0 Å². The number of benzene rings is 2. The Bertz CT molecular complexity index is 715. The van der Waals surface area contributed by atoms with Gasteiger partial charge in [0.15, 0.2) is 0 Å². The van der Waals surface area contributed by atoms with Crippen LogP contribution in [-0.2, 0) is 6.54 Å². The molecule has 0 saturated carbocycles. The van der Waals surface area contributed by atoms with Crippen LogP contribution in [0.2, 0.25) is 0 Å². The summed E-state index contributed by atoms with van der Waals surface area (Å²) in [4.78, 5) is 14.6. The number of rotatable bonds is 0. The van der Waals surface area contributed by atoms with E-state index in [-0.39, 0.29) is 11.3 Å². The molecule has 4 heteroatoms. The van der Waals surface area contributed by atoms with Gasteiger partial charge >= 0.3 is 0 Å². The van der Waals surface area contributed by atoms with Crippen molar-refractivity contribution in [1.29, 1.82) is 0 Å². The highest BCUT2D eigenvalue weighted by molar-refractivity contribution is 7.99. The van der Waals surface area contributed by atoms with Gasteiger partial charge in [0.25, 0.3) is 5.91 Å². The lowest BCUT2D eigenvalue weighted by Gasteiger charge is -2.30. The molecule has 0 bridgehead atoms. The van der Waals surface area contributed by atoms with Crippen LogP contribution in [0, 0.1) is 0 Å². The van der Waals surface area contributed by atoms with Gasteiger partial charge in [-0.1, -0.05) is 42.5 Å². The minimum atomic E-state index is -0.476. The van der Waals surface area contributed by atoms with E-state index >= 15 is 0 Å². The Morgan fingerprint density at radius 3 is 2.62 bits per heavy atom. The van der Waals surface area contributed by atoms with Crippen molar-refractivity contribution in [3.8, 4) is 0 Å². The molecule has 2 aliphatic heterocycles. The molecule has 2 aromatic carbocycles. The van der Waals surface area contributed by atoms with Crippen LogP contribution in [0.4, 0.5) is 0 Å². The third-order valence-corrected chi connectivity index (χ3v) is 5.50. The van der Waals surface area contributed by atoms with E-state index in [0.717, 1.165) is 22.3 Å². The largest absolute Gasteiger partial charge is 0.388 e. The van der Waals surface area contributed by atoms with E-state index in [4.69, 9.17) is 0 Å². The van der Waals surface area contributed by atoms with E-state index in [0.29, 0.717) is 12.3 Å². The van der Waals surface area contributed by atoms with Crippen molar-refractivity contribution >= 4 is 17.7 Å². The van der Waals surface area contributed by atoms with Gasteiger partial charge in [0.05, 0.1) is 6.10 Å². The van der Waals surface area contributed by atoms with Crippen LogP contribution >= 0.6 is 11.8 Å². The second-order valence-corrected chi connectivity index (χ2v) is 6.53. The van der Waals surface area contributed by atoms with Crippen LogP contribution in [0.1, 0.15) is 38.5 Å². The molecule has 1 N–H and O–H groups in total. The molecule has 2 heterocycles. The summed E-state index contributed by atoms with van der Waals surface area (Å²) < 4.78 is 0. The van der Waals surface area contributed by atoms with Crippen molar-refractivity contribution in [2.75, 3.05) is 5.75 Å². The first-order valence-corrected chi connectivity index (χ1v) is 8.08. The predicted octanol–water partition coefficient (Wildman–Crippen LogP) is 3.12. The van der Waals surface area contributed by atoms with Crippen molar-refractivity contribution < 1.29 is 9.90 Å². The van der Waals surface area contributed by atoms with Crippen LogP contribution in [0.15, 0.2) is 48.5 Å². The lowest BCUT2D eigenvalue weighted by atomic mass is 10.0. The molecule has 0 radical (unpaired) electrons. The average Bonchev–Trinajstić information content (AvgIpc) is 2.77. The molecule has 0 aromatic heterocycles. The summed E-state index contributed by atoms with van der Waals surface area (Å²) in [6.45, 7) is 0.554. The monoisotopic (exact) mass is 297 g/mol. The molecule has 2 unspecified atom stereocenters. The second-order valence-electron chi connectivity index (χ2n) is 5.42. The molecule has 2 atom stereocenters. The van der Waals surface area contributed by atoms with Crippen LogP contribution < -0.4 is 0 Å². The third-order valence-electron chi connectivity index (χ3n) is 4.17. The van der Waals surface area contributed by atoms with Crippen LogP contribution in [0.3, 0.4) is 0 Å². The van der Waals surface area contributed by atoms with Gasteiger partial charge < -0.3 is 10.0 Å². The molecule has 0 spiro atoms. The molecule has 21 heavy (non-hydrogen) atoms. The maximum atomic E-state index is 12.6. The van der Waals surface area contributed by atoms with Crippen molar-refractivity contribution in [2.45, 2.75) is 18.0 Å². The number of carbonyl (C=O) groups excluding carboxylic acids is 1. The lowest BCUT2D eigenvalue weighted by Crippen LogP contribution is -2.29. The summed E-state index contributed by atoms with van der Waals surface area (Å²) in [7, 11) is 0. The number of nitrogens with zero attached hydrogens (tertiary/aromatic N) is 1. The van der Waals surface area contributed by atoms with Gasteiger partial charge in [-0.15, -0.1) is 11.8 Å². The molecular weight excluding hydrogens is 282 g/mol. The van der Waals surface area contributed by atoms with Gasteiger partial charge in [-0.25, -0.2) is 0 Å². The van der Waals surface area contributed by atoms with Crippen LogP contribution in [-0.4, -0.2) is 21.7 Å². The Morgan fingerprint density at radius 2 is 1.76 bits per heavy atom. The number of aliphatic hydroxyl groups is 1. The number of fused-ring (bicyclic) bond motifs is 4. The number of carbonyl (C=O) groups is 1. The molecule has 106 valence electrons. The van der Waals surface area contributed by atoms with E-state index < -0.39 is 6.10 Å². The summed E-state index contributed by atoms with van der Waals surface area (Å²) in [6.07, 6.45) is -0.476. The maximum Gasteiger partial charge on any atom is 0.255 e. The summed E-state index contributed by atoms with van der Waals surface area (Å²) in [5, 5.41) is 10.4. The van der Waals surface area contributed by atoms with E-state index in [1.165, 1.54) is 0 Å². The molecule has 4 rings (SSSR count).